The molecule has 0 amide bonds. The molecule has 5 nitrogen and oxygen atoms in total. The number of rotatable bonds is 7. The molecule has 108 valence electrons. The fourth-order valence-electron chi connectivity index (χ4n) is 1.63. The minimum absolute atomic E-state index is 0.250. The van der Waals surface area contributed by atoms with Crippen LogP contribution < -0.4 is 5.32 Å². The molecule has 1 heterocycles. The van der Waals surface area contributed by atoms with E-state index >= 15 is 0 Å². The van der Waals surface area contributed by atoms with Gasteiger partial charge in [0, 0.05) is 20.1 Å². The molecule has 2 rings (SSSR count). The van der Waals surface area contributed by atoms with Gasteiger partial charge in [-0.25, -0.2) is 4.39 Å². The summed E-state index contributed by atoms with van der Waals surface area (Å²) in [5.41, 5.74) is 0.980. The molecule has 0 spiro atoms. The van der Waals surface area contributed by atoms with Crippen LogP contribution in [0.1, 0.15) is 10.6 Å². The number of nitrogens with zero attached hydrogens (tertiary/aromatic N) is 2. The van der Waals surface area contributed by atoms with Crippen LogP contribution in [0.15, 0.2) is 24.3 Å². The average molecular weight is 297 g/mol. The fourth-order valence-corrected chi connectivity index (χ4v) is 2.41. The molecule has 0 aliphatic rings. The van der Waals surface area contributed by atoms with Crippen molar-refractivity contribution >= 4 is 16.5 Å². The highest BCUT2D eigenvalue weighted by atomic mass is 32.1. The quantitative estimate of drug-likeness (QED) is 0.814. The van der Waals surface area contributed by atoms with Crippen LogP contribution in [0.2, 0.25) is 0 Å². The number of halogens is 1. The highest BCUT2D eigenvalue weighted by Gasteiger charge is 2.08. The second-order valence-electron chi connectivity index (χ2n) is 4.29. The maximum atomic E-state index is 12.8. The summed E-state index contributed by atoms with van der Waals surface area (Å²) in [4.78, 5) is 0. The Balaban J connectivity index is 1.87. The number of hydrogen-bond donors (Lipinski definition) is 2. The van der Waals surface area contributed by atoms with Crippen molar-refractivity contribution in [3.63, 3.8) is 0 Å². The number of aromatic nitrogens is 2. The monoisotopic (exact) mass is 297 g/mol. The van der Waals surface area contributed by atoms with E-state index in [9.17, 15) is 9.50 Å². The number of hydrogen-bond acceptors (Lipinski definition) is 6. The minimum Gasteiger partial charge on any atom is -0.389 e. The van der Waals surface area contributed by atoms with Crippen LogP contribution in [0, 0.1) is 5.82 Å². The molecular weight excluding hydrogens is 281 g/mol. The molecule has 0 saturated heterocycles. The summed E-state index contributed by atoms with van der Waals surface area (Å²) in [6, 6.07) is 6.31. The standard InChI is InChI=1S/C13H16FN3O2S/c1-19-8-11(18)7-15-13-17-16-12(20-13)6-9-2-4-10(14)5-3-9/h2-5,11,18H,6-8H2,1H3,(H,15,17). The maximum Gasteiger partial charge on any atom is 0.205 e. The summed E-state index contributed by atoms with van der Waals surface area (Å²) in [7, 11) is 1.54. The molecule has 0 radical (unpaired) electrons. The number of nitrogens with one attached hydrogen (secondary N) is 1. The van der Waals surface area contributed by atoms with Crippen molar-refractivity contribution in [1.29, 1.82) is 0 Å². The van der Waals surface area contributed by atoms with Gasteiger partial charge in [0.2, 0.25) is 5.13 Å². The molecule has 2 aromatic rings. The number of benzene rings is 1. The molecule has 0 aliphatic carbocycles. The second kappa shape index (κ2) is 7.28. The highest BCUT2D eigenvalue weighted by molar-refractivity contribution is 7.15. The first-order valence-corrected chi connectivity index (χ1v) is 6.96. The van der Waals surface area contributed by atoms with Gasteiger partial charge < -0.3 is 15.2 Å². The first kappa shape index (κ1) is 14.8. The molecule has 0 saturated carbocycles. The van der Waals surface area contributed by atoms with E-state index in [-0.39, 0.29) is 12.4 Å². The molecule has 1 aromatic carbocycles. The fraction of sp³-hybridized carbons (Fsp3) is 0.385. The van der Waals surface area contributed by atoms with Crippen LogP contribution in [0.3, 0.4) is 0 Å². The Bertz CT molecular complexity index is 533. The van der Waals surface area contributed by atoms with Crippen LogP contribution in [-0.4, -0.2) is 41.7 Å². The number of ether oxygens (including phenoxy) is 1. The van der Waals surface area contributed by atoms with Crippen molar-refractivity contribution in [3.8, 4) is 0 Å². The maximum absolute atomic E-state index is 12.8. The summed E-state index contributed by atoms with van der Waals surface area (Å²) in [5, 5.41) is 22.0. The number of anilines is 1. The Morgan fingerprint density at radius 3 is 2.80 bits per heavy atom. The number of aliphatic hydroxyl groups is 1. The van der Waals surface area contributed by atoms with Gasteiger partial charge in [0.15, 0.2) is 0 Å². The van der Waals surface area contributed by atoms with E-state index < -0.39 is 6.10 Å². The van der Waals surface area contributed by atoms with Crippen LogP contribution >= 0.6 is 11.3 Å². The lowest BCUT2D eigenvalue weighted by atomic mass is 10.2. The highest BCUT2D eigenvalue weighted by Crippen LogP contribution is 2.18. The third-order valence-corrected chi connectivity index (χ3v) is 3.46. The van der Waals surface area contributed by atoms with Gasteiger partial charge in [-0.2, -0.15) is 0 Å². The molecule has 0 bridgehead atoms. The molecule has 2 N–H and O–H groups in total. The van der Waals surface area contributed by atoms with E-state index in [2.05, 4.69) is 15.5 Å². The van der Waals surface area contributed by atoms with Crippen molar-refractivity contribution in [2.24, 2.45) is 0 Å². The van der Waals surface area contributed by atoms with Crippen LogP contribution in [0.4, 0.5) is 9.52 Å². The number of aliphatic hydroxyl groups excluding tert-OH is 1. The van der Waals surface area contributed by atoms with Crippen molar-refractivity contribution < 1.29 is 14.2 Å². The zero-order valence-electron chi connectivity index (χ0n) is 11.0. The topological polar surface area (TPSA) is 67.3 Å². The lowest BCUT2D eigenvalue weighted by Crippen LogP contribution is -2.24. The average Bonchev–Trinajstić information content (AvgIpc) is 2.87. The summed E-state index contributed by atoms with van der Waals surface area (Å²) >= 11 is 1.41. The summed E-state index contributed by atoms with van der Waals surface area (Å²) in [6.07, 6.45) is 0.0321. The Labute approximate surface area is 120 Å². The Morgan fingerprint density at radius 1 is 1.35 bits per heavy atom. The van der Waals surface area contributed by atoms with Crippen molar-refractivity contribution in [3.05, 3.63) is 40.7 Å². The first-order valence-electron chi connectivity index (χ1n) is 6.15. The lowest BCUT2D eigenvalue weighted by molar-refractivity contribution is 0.0727. The molecule has 0 fully saturated rings. The van der Waals surface area contributed by atoms with Gasteiger partial charge in [-0.3, -0.25) is 0 Å². The van der Waals surface area contributed by atoms with Crippen LogP contribution in [0.25, 0.3) is 0 Å². The minimum atomic E-state index is -0.579. The first-order chi connectivity index (χ1) is 9.67. The lowest BCUT2D eigenvalue weighted by Gasteiger charge is -2.08. The van der Waals surface area contributed by atoms with Crippen LogP contribution in [-0.2, 0) is 11.2 Å². The van der Waals surface area contributed by atoms with Gasteiger partial charge in [0.25, 0.3) is 0 Å². The van der Waals surface area contributed by atoms with Crippen molar-refractivity contribution in [2.45, 2.75) is 12.5 Å². The molecule has 0 aliphatic heterocycles. The molecule has 1 unspecified atom stereocenters. The van der Waals surface area contributed by atoms with Crippen molar-refractivity contribution in [1.82, 2.24) is 10.2 Å². The zero-order chi connectivity index (χ0) is 14.4. The molecule has 1 atom stereocenters. The smallest absolute Gasteiger partial charge is 0.205 e. The summed E-state index contributed by atoms with van der Waals surface area (Å²) < 4.78 is 17.6. The third kappa shape index (κ3) is 4.52. The van der Waals surface area contributed by atoms with Gasteiger partial charge in [-0.05, 0) is 17.7 Å². The van der Waals surface area contributed by atoms with Crippen molar-refractivity contribution in [2.75, 3.05) is 25.6 Å². The second-order valence-corrected chi connectivity index (χ2v) is 5.36. The van der Waals surface area contributed by atoms with E-state index in [0.717, 1.165) is 10.6 Å². The van der Waals surface area contributed by atoms with E-state index in [0.29, 0.717) is 18.1 Å². The normalized spacial score (nSPS) is 12.3. The van der Waals surface area contributed by atoms with E-state index in [1.165, 1.54) is 30.6 Å². The van der Waals surface area contributed by atoms with Gasteiger partial charge in [-0.15, -0.1) is 10.2 Å². The summed E-state index contributed by atoms with van der Waals surface area (Å²) in [6.45, 7) is 0.632. The Hall–Kier alpha value is -1.57. The third-order valence-electron chi connectivity index (χ3n) is 2.58. The molecule has 7 heteroatoms. The van der Waals surface area contributed by atoms with Crippen LogP contribution in [0.5, 0.6) is 0 Å². The van der Waals surface area contributed by atoms with E-state index in [1.807, 2.05) is 0 Å². The largest absolute Gasteiger partial charge is 0.389 e. The SMILES string of the molecule is COCC(O)CNc1nnc(Cc2ccc(F)cc2)s1. The predicted molar refractivity (Wildman–Crippen MR) is 75.5 cm³/mol. The Kier molecular flexibility index (Phi) is 5.40. The molecule has 1 aromatic heterocycles. The van der Waals surface area contributed by atoms with Gasteiger partial charge in [0.1, 0.15) is 10.8 Å². The number of methoxy groups -OCH3 is 1. The zero-order valence-corrected chi connectivity index (χ0v) is 11.9. The molecular formula is C13H16FN3O2S. The molecule has 20 heavy (non-hydrogen) atoms. The van der Waals surface area contributed by atoms with Gasteiger partial charge in [0.05, 0.1) is 12.7 Å². The van der Waals surface area contributed by atoms with Gasteiger partial charge in [-0.1, -0.05) is 23.5 Å². The van der Waals surface area contributed by atoms with E-state index in [4.69, 9.17) is 4.74 Å². The van der Waals surface area contributed by atoms with E-state index in [1.54, 1.807) is 12.1 Å². The summed E-state index contributed by atoms with van der Waals surface area (Å²) in [5.74, 6) is -0.250. The van der Waals surface area contributed by atoms with Gasteiger partial charge >= 0.3 is 0 Å². The predicted octanol–water partition coefficient (Wildman–Crippen LogP) is 1.69. The Morgan fingerprint density at radius 2 is 2.10 bits per heavy atom.